The number of aromatic nitrogens is 1. The quantitative estimate of drug-likeness (QED) is 0.523. The molecule has 0 spiro atoms. The number of sulfone groups is 1. The molecule has 29 heavy (non-hydrogen) atoms. The zero-order valence-corrected chi connectivity index (χ0v) is 18.5. The standard InChI is InChI=1S/C17H16N2O6S4/c1-11(25-12(2)20)14-10-26-17(18-14)19-29(23,24)16-9-8-15(27-16)28(21,22)13-6-4-3-5-7-13/h3-11H,1-2H3,(H,18,19). The molecule has 0 saturated carbocycles. The average molecular weight is 473 g/mol. The van der Waals surface area contributed by atoms with E-state index in [-0.39, 0.29) is 18.4 Å². The molecular formula is C17H16N2O6S4. The molecule has 0 aliphatic carbocycles. The first-order chi connectivity index (χ1) is 13.6. The minimum Gasteiger partial charge on any atom is -0.456 e. The summed E-state index contributed by atoms with van der Waals surface area (Å²) in [5.74, 6) is -0.474. The van der Waals surface area contributed by atoms with Crippen molar-refractivity contribution in [3.05, 3.63) is 53.5 Å². The van der Waals surface area contributed by atoms with Gasteiger partial charge in [-0.2, -0.15) is 0 Å². The van der Waals surface area contributed by atoms with E-state index in [9.17, 15) is 21.6 Å². The summed E-state index contributed by atoms with van der Waals surface area (Å²) in [6.07, 6.45) is -0.619. The third-order valence-corrected chi connectivity index (χ3v) is 9.73. The number of thiazole rings is 1. The molecule has 0 bridgehead atoms. The molecule has 3 rings (SSSR count). The van der Waals surface area contributed by atoms with Gasteiger partial charge in [0, 0.05) is 12.3 Å². The monoisotopic (exact) mass is 472 g/mol. The van der Waals surface area contributed by atoms with Gasteiger partial charge < -0.3 is 4.74 Å². The Kier molecular flexibility index (Phi) is 6.08. The summed E-state index contributed by atoms with van der Waals surface area (Å²) in [7, 11) is -7.83. The van der Waals surface area contributed by atoms with Crippen LogP contribution in [0.3, 0.4) is 0 Å². The molecule has 2 heterocycles. The van der Waals surface area contributed by atoms with E-state index in [0.29, 0.717) is 17.0 Å². The molecule has 0 amide bonds. The topological polar surface area (TPSA) is 119 Å². The van der Waals surface area contributed by atoms with Gasteiger partial charge in [-0.1, -0.05) is 18.2 Å². The van der Waals surface area contributed by atoms with E-state index in [1.54, 1.807) is 30.5 Å². The van der Waals surface area contributed by atoms with Crippen LogP contribution in [0.2, 0.25) is 0 Å². The van der Waals surface area contributed by atoms with E-state index in [1.807, 2.05) is 0 Å². The van der Waals surface area contributed by atoms with Crippen molar-refractivity contribution in [1.82, 2.24) is 4.98 Å². The number of thiophene rings is 1. The number of carbonyl (C=O) groups excluding carboxylic acids is 1. The van der Waals surface area contributed by atoms with Gasteiger partial charge >= 0.3 is 5.97 Å². The fraction of sp³-hybridized carbons (Fsp3) is 0.176. The summed E-state index contributed by atoms with van der Waals surface area (Å²) < 4.78 is 57.6. The predicted octanol–water partition coefficient (Wildman–Crippen LogP) is 3.46. The van der Waals surface area contributed by atoms with Crippen molar-refractivity contribution in [3.63, 3.8) is 0 Å². The molecule has 8 nitrogen and oxygen atoms in total. The van der Waals surface area contributed by atoms with Gasteiger partial charge in [0.2, 0.25) is 9.84 Å². The second-order valence-corrected chi connectivity index (χ2v) is 11.9. The van der Waals surface area contributed by atoms with Crippen molar-refractivity contribution in [2.24, 2.45) is 0 Å². The summed E-state index contributed by atoms with van der Waals surface area (Å²) in [6.45, 7) is 2.89. The number of carbonyl (C=O) groups is 1. The number of rotatable bonds is 7. The lowest BCUT2D eigenvalue weighted by Crippen LogP contribution is -2.11. The number of esters is 1. The number of nitrogens with one attached hydrogen (secondary N) is 1. The average Bonchev–Trinajstić information content (AvgIpc) is 3.32. The summed E-state index contributed by atoms with van der Waals surface area (Å²) >= 11 is 1.68. The van der Waals surface area contributed by atoms with Gasteiger partial charge in [-0.15, -0.1) is 22.7 Å². The fourth-order valence-electron chi connectivity index (χ4n) is 2.30. The molecule has 1 N–H and O–H groups in total. The van der Waals surface area contributed by atoms with Crippen LogP contribution in [-0.4, -0.2) is 27.8 Å². The summed E-state index contributed by atoms with van der Waals surface area (Å²) in [5, 5.41) is 1.66. The highest BCUT2D eigenvalue weighted by Gasteiger charge is 2.25. The molecular weight excluding hydrogens is 456 g/mol. The van der Waals surface area contributed by atoms with Gasteiger partial charge in [-0.05, 0) is 31.2 Å². The van der Waals surface area contributed by atoms with Crippen molar-refractivity contribution in [2.45, 2.75) is 33.3 Å². The van der Waals surface area contributed by atoms with E-state index in [0.717, 1.165) is 11.3 Å². The van der Waals surface area contributed by atoms with Crippen LogP contribution < -0.4 is 4.72 Å². The van der Waals surface area contributed by atoms with E-state index in [4.69, 9.17) is 4.74 Å². The number of hydrogen-bond donors (Lipinski definition) is 1. The van der Waals surface area contributed by atoms with Crippen molar-refractivity contribution in [3.8, 4) is 0 Å². The summed E-state index contributed by atoms with van der Waals surface area (Å²) in [4.78, 5) is 15.2. The molecule has 0 aliphatic heterocycles. The maximum absolute atomic E-state index is 12.6. The fourth-order valence-corrected chi connectivity index (χ4v) is 7.54. The number of anilines is 1. The molecule has 0 radical (unpaired) electrons. The maximum Gasteiger partial charge on any atom is 0.303 e. The van der Waals surface area contributed by atoms with Crippen LogP contribution in [0.4, 0.5) is 5.13 Å². The molecule has 0 saturated heterocycles. The zero-order chi connectivity index (χ0) is 21.2. The van der Waals surface area contributed by atoms with Crippen molar-refractivity contribution >= 4 is 53.6 Å². The van der Waals surface area contributed by atoms with Gasteiger partial charge in [-0.3, -0.25) is 9.52 Å². The van der Waals surface area contributed by atoms with E-state index >= 15 is 0 Å². The molecule has 12 heteroatoms. The van der Waals surface area contributed by atoms with Crippen LogP contribution in [0.25, 0.3) is 0 Å². The SMILES string of the molecule is CC(=O)OC(C)c1csc(NS(=O)(=O)c2ccc(S(=O)(=O)c3ccccc3)s2)n1. The number of sulfonamides is 1. The van der Waals surface area contributed by atoms with Gasteiger partial charge in [0.15, 0.2) is 5.13 Å². The highest BCUT2D eigenvalue weighted by atomic mass is 32.3. The molecule has 154 valence electrons. The molecule has 3 aromatic rings. The molecule has 2 aromatic heterocycles. The Hall–Kier alpha value is -2.28. The molecule has 1 aromatic carbocycles. The minimum absolute atomic E-state index is 0.0765. The van der Waals surface area contributed by atoms with Crippen LogP contribution in [0.5, 0.6) is 0 Å². The van der Waals surface area contributed by atoms with Crippen LogP contribution in [0, 0.1) is 0 Å². The lowest BCUT2D eigenvalue weighted by atomic mass is 10.3. The first kappa shape index (κ1) is 21.4. The number of nitrogens with zero attached hydrogens (tertiary/aromatic N) is 1. The highest BCUT2D eigenvalue weighted by Crippen LogP contribution is 2.32. The molecule has 0 fully saturated rings. The van der Waals surface area contributed by atoms with Gasteiger partial charge in [-0.25, -0.2) is 21.8 Å². The summed E-state index contributed by atoms with van der Waals surface area (Å²) in [6, 6.07) is 10.3. The van der Waals surface area contributed by atoms with Crippen molar-refractivity contribution in [1.29, 1.82) is 0 Å². The van der Waals surface area contributed by atoms with Crippen LogP contribution >= 0.6 is 22.7 Å². The second kappa shape index (κ2) is 8.22. The number of hydrogen-bond acceptors (Lipinski definition) is 9. The summed E-state index contributed by atoms with van der Waals surface area (Å²) in [5.41, 5.74) is 0.404. The third-order valence-electron chi connectivity index (χ3n) is 3.64. The molecule has 0 aliphatic rings. The maximum atomic E-state index is 12.6. The van der Waals surface area contributed by atoms with Gasteiger partial charge in [0.1, 0.15) is 14.5 Å². The number of benzene rings is 1. The minimum atomic E-state index is -4.03. The van der Waals surface area contributed by atoms with Gasteiger partial charge in [0.05, 0.1) is 10.6 Å². The zero-order valence-electron chi connectivity index (χ0n) is 15.2. The Labute approximate surface area is 176 Å². The highest BCUT2D eigenvalue weighted by molar-refractivity contribution is 7.96. The Balaban J connectivity index is 1.81. The van der Waals surface area contributed by atoms with Crippen LogP contribution in [0.15, 0.2) is 61.2 Å². The predicted molar refractivity (Wildman–Crippen MR) is 109 cm³/mol. The Morgan fingerprint density at radius 3 is 2.38 bits per heavy atom. The first-order valence-electron chi connectivity index (χ1n) is 8.15. The van der Waals surface area contributed by atoms with Crippen molar-refractivity contribution < 1.29 is 26.4 Å². The number of ether oxygens (including phenoxy) is 1. The van der Waals surface area contributed by atoms with Gasteiger partial charge in [0.25, 0.3) is 10.0 Å². The smallest absolute Gasteiger partial charge is 0.303 e. The van der Waals surface area contributed by atoms with Crippen LogP contribution in [0.1, 0.15) is 25.6 Å². The normalized spacial score (nSPS) is 13.0. The van der Waals surface area contributed by atoms with E-state index in [1.165, 1.54) is 31.2 Å². The lowest BCUT2D eigenvalue weighted by Gasteiger charge is -2.08. The lowest BCUT2D eigenvalue weighted by molar-refractivity contribution is -0.145. The second-order valence-electron chi connectivity index (χ2n) is 5.82. The van der Waals surface area contributed by atoms with Crippen molar-refractivity contribution in [2.75, 3.05) is 4.72 Å². The molecule has 1 atom stereocenters. The van der Waals surface area contributed by atoms with Crippen LogP contribution in [-0.2, 0) is 29.4 Å². The third kappa shape index (κ3) is 4.83. The largest absolute Gasteiger partial charge is 0.456 e. The Bertz CT molecular complexity index is 1230. The first-order valence-corrected chi connectivity index (χ1v) is 12.8. The molecule has 1 unspecified atom stereocenters. The van der Waals surface area contributed by atoms with E-state index < -0.39 is 31.9 Å². The Morgan fingerprint density at radius 2 is 1.72 bits per heavy atom. The Morgan fingerprint density at radius 1 is 1.07 bits per heavy atom. The van der Waals surface area contributed by atoms with E-state index in [2.05, 4.69) is 9.71 Å².